The molecule has 0 spiro atoms. The molecule has 0 amide bonds. The van der Waals surface area contributed by atoms with E-state index in [-0.39, 0.29) is 4.90 Å². The van der Waals surface area contributed by atoms with E-state index in [1.54, 1.807) is 24.3 Å². The summed E-state index contributed by atoms with van der Waals surface area (Å²) in [5.41, 5.74) is 0.494. The predicted molar refractivity (Wildman–Crippen MR) is 93.9 cm³/mol. The number of nitrogens with zero attached hydrogens (tertiary/aromatic N) is 1. The van der Waals surface area contributed by atoms with Gasteiger partial charge in [-0.2, -0.15) is 4.31 Å². The molecule has 128 valence electrons. The molecule has 0 saturated carbocycles. The fraction of sp³-hybridized carbons (Fsp3) is 0.368. The number of unbranched alkanes of at least 4 members (excludes halogenated alkanes) is 1. The number of aryl methyl sites for hydroxylation is 1. The van der Waals surface area contributed by atoms with Gasteiger partial charge in [0.1, 0.15) is 0 Å². The van der Waals surface area contributed by atoms with Gasteiger partial charge in [0.15, 0.2) is 5.72 Å². The molecule has 5 heteroatoms. The second kappa shape index (κ2) is 6.31. The highest BCUT2D eigenvalue weighted by Gasteiger charge is 2.68. The molecule has 3 atom stereocenters. The first-order chi connectivity index (χ1) is 11.4. The van der Waals surface area contributed by atoms with Crippen molar-refractivity contribution in [3.05, 3.63) is 65.7 Å². The number of hydrogen-bond acceptors (Lipinski definition) is 3. The Morgan fingerprint density at radius 2 is 1.71 bits per heavy atom. The Bertz CT molecular complexity index is 802. The molecule has 1 aliphatic rings. The van der Waals surface area contributed by atoms with Crippen LogP contribution in [-0.4, -0.2) is 23.6 Å². The Balaban J connectivity index is 1.99. The lowest BCUT2D eigenvalue weighted by molar-refractivity contribution is 0.0978. The van der Waals surface area contributed by atoms with Crippen molar-refractivity contribution < 1.29 is 13.5 Å². The maximum Gasteiger partial charge on any atom is 0.246 e. The Kier molecular flexibility index (Phi) is 4.51. The summed E-state index contributed by atoms with van der Waals surface area (Å²) >= 11 is 0. The predicted octanol–water partition coefficient (Wildman–Crippen LogP) is 3.62. The van der Waals surface area contributed by atoms with E-state index in [9.17, 15) is 13.5 Å². The molecule has 0 aliphatic carbocycles. The molecule has 2 aromatic carbocycles. The highest BCUT2D eigenvalue weighted by atomic mass is 32.2. The van der Waals surface area contributed by atoms with Gasteiger partial charge in [0, 0.05) is 0 Å². The fourth-order valence-electron chi connectivity index (χ4n) is 3.19. The monoisotopic (exact) mass is 345 g/mol. The van der Waals surface area contributed by atoms with Gasteiger partial charge in [0.05, 0.1) is 10.9 Å². The minimum atomic E-state index is -3.73. The standard InChI is InChI=1S/C19H23NO3S/c1-3-4-14-19(21)18(16-8-6-5-7-9-16)20(19)24(22,23)17-12-10-15(2)11-13-17/h5-13,18,21H,3-4,14H2,1-2H3/t18-,19-,20?/m1/s1. The van der Waals surface area contributed by atoms with Gasteiger partial charge in [-0.3, -0.25) is 0 Å². The summed E-state index contributed by atoms with van der Waals surface area (Å²) in [7, 11) is -3.73. The smallest absolute Gasteiger partial charge is 0.246 e. The normalized spacial score (nSPS) is 26.3. The van der Waals surface area contributed by atoms with Crippen molar-refractivity contribution in [3.63, 3.8) is 0 Å². The lowest BCUT2D eigenvalue weighted by Crippen LogP contribution is -2.23. The highest BCUT2D eigenvalue weighted by molar-refractivity contribution is 7.89. The van der Waals surface area contributed by atoms with Crippen LogP contribution in [0.4, 0.5) is 0 Å². The van der Waals surface area contributed by atoms with Crippen molar-refractivity contribution in [2.24, 2.45) is 0 Å². The maximum atomic E-state index is 13.0. The molecule has 0 bridgehead atoms. The van der Waals surface area contributed by atoms with Gasteiger partial charge < -0.3 is 5.11 Å². The van der Waals surface area contributed by atoms with E-state index in [4.69, 9.17) is 0 Å². The molecule has 1 unspecified atom stereocenters. The van der Waals surface area contributed by atoms with E-state index < -0.39 is 21.8 Å². The van der Waals surface area contributed by atoms with E-state index in [0.29, 0.717) is 6.42 Å². The Hall–Kier alpha value is -1.69. The SMILES string of the molecule is CCCC[C@@]1(O)[C@@H](c2ccccc2)N1S(=O)(=O)c1ccc(C)cc1. The molecule has 0 aromatic heterocycles. The molecule has 1 N–H and O–H groups in total. The van der Waals surface area contributed by atoms with Gasteiger partial charge in [0.25, 0.3) is 0 Å². The summed E-state index contributed by atoms with van der Waals surface area (Å²) in [6, 6.07) is 15.6. The maximum absolute atomic E-state index is 13.0. The molecule has 24 heavy (non-hydrogen) atoms. The average molecular weight is 345 g/mol. The van der Waals surface area contributed by atoms with Crippen LogP contribution in [0.1, 0.15) is 43.4 Å². The van der Waals surface area contributed by atoms with Crippen LogP contribution in [0.5, 0.6) is 0 Å². The van der Waals surface area contributed by atoms with Crippen molar-refractivity contribution in [3.8, 4) is 0 Å². The third-order valence-electron chi connectivity index (χ3n) is 4.58. The van der Waals surface area contributed by atoms with Gasteiger partial charge >= 0.3 is 0 Å². The van der Waals surface area contributed by atoms with Crippen LogP contribution in [0, 0.1) is 6.92 Å². The quantitative estimate of drug-likeness (QED) is 0.814. The van der Waals surface area contributed by atoms with Gasteiger partial charge in [0.2, 0.25) is 10.0 Å². The Morgan fingerprint density at radius 3 is 2.29 bits per heavy atom. The lowest BCUT2D eigenvalue weighted by Gasteiger charge is -2.11. The molecule has 1 heterocycles. The molecular weight excluding hydrogens is 322 g/mol. The van der Waals surface area contributed by atoms with Crippen molar-refractivity contribution in [2.75, 3.05) is 0 Å². The molecule has 1 saturated heterocycles. The summed E-state index contributed by atoms with van der Waals surface area (Å²) in [6.45, 7) is 3.94. The number of aliphatic hydroxyl groups is 1. The zero-order valence-corrected chi connectivity index (χ0v) is 14.8. The summed E-state index contributed by atoms with van der Waals surface area (Å²) in [5, 5.41) is 11.0. The zero-order chi connectivity index (χ0) is 17.4. The van der Waals surface area contributed by atoms with Crippen molar-refractivity contribution in [2.45, 2.75) is 49.8 Å². The van der Waals surface area contributed by atoms with Crippen molar-refractivity contribution >= 4 is 10.0 Å². The summed E-state index contributed by atoms with van der Waals surface area (Å²) < 4.78 is 27.3. The second-order valence-corrected chi connectivity index (χ2v) is 8.22. The van der Waals surface area contributed by atoms with Crippen LogP contribution < -0.4 is 0 Å². The van der Waals surface area contributed by atoms with Crippen LogP contribution >= 0.6 is 0 Å². The van der Waals surface area contributed by atoms with Crippen molar-refractivity contribution in [1.82, 2.24) is 4.31 Å². The number of sulfonamides is 1. The van der Waals surface area contributed by atoms with Crippen LogP contribution in [-0.2, 0) is 10.0 Å². The van der Waals surface area contributed by atoms with Gasteiger partial charge in [-0.1, -0.05) is 61.4 Å². The van der Waals surface area contributed by atoms with Crippen LogP contribution in [0.2, 0.25) is 0 Å². The molecule has 4 nitrogen and oxygen atoms in total. The largest absolute Gasteiger partial charge is 0.373 e. The fourth-order valence-corrected chi connectivity index (χ4v) is 5.02. The van der Waals surface area contributed by atoms with E-state index in [2.05, 4.69) is 0 Å². The van der Waals surface area contributed by atoms with E-state index in [1.165, 1.54) is 4.31 Å². The second-order valence-electron chi connectivity index (χ2n) is 6.41. The Labute approximate surface area is 143 Å². The highest BCUT2D eigenvalue weighted by Crippen LogP contribution is 2.57. The molecule has 1 fully saturated rings. The minimum absolute atomic E-state index is 0.224. The van der Waals surface area contributed by atoms with Gasteiger partial charge in [-0.15, -0.1) is 0 Å². The molecular formula is C19H23NO3S. The van der Waals surface area contributed by atoms with Crippen LogP contribution in [0.3, 0.4) is 0 Å². The summed E-state index contributed by atoms with van der Waals surface area (Å²) in [4.78, 5) is 0.224. The van der Waals surface area contributed by atoms with E-state index in [1.807, 2.05) is 44.2 Å². The molecule has 2 aromatic rings. The lowest BCUT2D eigenvalue weighted by atomic mass is 10.0. The molecule has 0 radical (unpaired) electrons. The third-order valence-corrected chi connectivity index (χ3v) is 6.49. The molecule has 1 aliphatic heterocycles. The first kappa shape index (κ1) is 17.1. The topological polar surface area (TPSA) is 57.4 Å². The first-order valence-corrected chi connectivity index (χ1v) is 9.74. The van der Waals surface area contributed by atoms with E-state index in [0.717, 1.165) is 24.0 Å². The number of rotatable bonds is 6. The van der Waals surface area contributed by atoms with Gasteiger partial charge in [-0.05, 0) is 37.5 Å². The van der Waals surface area contributed by atoms with Crippen molar-refractivity contribution in [1.29, 1.82) is 0 Å². The number of benzene rings is 2. The Morgan fingerprint density at radius 1 is 1.08 bits per heavy atom. The molecule has 3 rings (SSSR count). The van der Waals surface area contributed by atoms with Crippen LogP contribution in [0.15, 0.2) is 59.5 Å². The summed E-state index contributed by atoms with van der Waals surface area (Å²) in [5.74, 6) is 0. The average Bonchev–Trinajstić information content (AvgIpc) is 3.21. The zero-order valence-electron chi connectivity index (χ0n) is 14.0. The summed E-state index contributed by atoms with van der Waals surface area (Å²) in [6.07, 6.45) is 2.12. The van der Waals surface area contributed by atoms with E-state index >= 15 is 0 Å². The minimum Gasteiger partial charge on any atom is -0.373 e. The first-order valence-electron chi connectivity index (χ1n) is 8.30. The number of hydrogen-bond donors (Lipinski definition) is 1. The van der Waals surface area contributed by atoms with Crippen LogP contribution in [0.25, 0.3) is 0 Å². The van der Waals surface area contributed by atoms with Gasteiger partial charge in [-0.25, -0.2) is 8.42 Å². The third kappa shape index (κ3) is 2.88.